The molecule has 2 heteroatoms. The van der Waals surface area contributed by atoms with Crippen LogP contribution in [0.15, 0.2) is 24.9 Å². The molecule has 1 aliphatic rings. The number of hydrogen-bond acceptors (Lipinski definition) is 1. The molecule has 2 nitrogen and oxygen atoms in total. The Kier molecular flexibility index (Phi) is 0.927. The molecule has 32 valence electrons. The molecule has 2 N–H and O–H groups in total. The van der Waals surface area contributed by atoms with Crippen molar-refractivity contribution in [2.45, 2.75) is 0 Å². The van der Waals surface area contributed by atoms with Crippen molar-refractivity contribution in [1.82, 2.24) is 0 Å². The van der Waals surface area contributed by atoms with E-state index >= 15 is 0 Å². The highest BCUT2D eigenvalue weighted by Gasteiger charge is 1.78. The van der Waals surface area contributed by atoms with E-state index in [9.17, 15) is 0 Å². The van der Waals surface area contributed by atoms with Crippen LogP contribution in [0.5, 0.6) is 0 Å². The van der Waals surface area contributed by atoms with E-state index in [0.29, 0.717) is 0 Å². The average molecular weight is 84.1 g/mol. The van der Waals surface area contributed by atoms with E-state index in [-0.39, 0.29) is 0 Å². The van der Waals surface area contributed by atoms with Crippen LogP contribution in [0.3, 0.4) is 0 Å². The van der Waals surface area contributed by atoms with E-state index in [0.717, 1.165) is 0 Å². The molecule has 0 bridgehead atoms. The summed E-state index contributed by atoms with van der Waals surface area (Å²) in [6, 6.07) is 0. The molecule has 1 aliphatic heterocycles. The van der Waals surface area contributed by atoms with Gasteiger partial charge in [0.2, 0.25) is 0 Å². The molecule has 0 spiro atoms. The van der Waals surface area contributed by atoms with Crippen LogP contribution in [-0.2, 0) is 4.74 Å². The summed E-state index contributed by atoms with van der Waals surface area (Å²) < 4.78 is 4.68. The first kappa shape index (κ1) is 3.43. The molecule has 0 unspecified atom stereocenters. The van der Waals surface area contributed by atoms with Gasteiger partial charge in [-0.1, -0.05) is 0 Å². The number of rotatable bonds is 0. The lowest BCUT2D eigenvalue weighted by atomic mass is 10.8. The maximum atomic E-state index is 4.68. The molecule has 0 radical (unpaired) electrons. The average Bonchev–Trinajstić information content (AvgIpc) is 1.72. The van der Waals surface area contributed by atoms with Gasteiger partial charge in [-0.05, 0) is 0 Å². The van der Waals surface area contributed by atoms with E-state index < -0.39 is 0 Å². The normalized spacial score (nSPS) is 17.3. The van der Waals surface area contributed by atoms with Gasteiger partial charge >= 0.3 is 0 Å². The molecule has 0 saturated heterocycles. The molecule has 0 saturated carbocycles. The third-order valence-corrected chi connectivity index (χ3v) is 0.536. The second-order valence-electron chi connectivity index (χ2n) is 0.986. The van der Waals surface area contributed by atoms with Crippen molar-refractivity contribution in [2.75, 3.05) is 0 Å². The zero-order chi connectivity index (χ0) is 4.24. The van der Waals surface area contributed by atoms with Crippen molar-refractivity contribution in [3.05, 3.63) is 24.9 Å². The smallest absolute Gasteiger partial charge is 0.144 e. The van der Waals surface area contributed by atoms with E-state index in [2.05, 4.69) is 4.74 Å². The third-order valence-electron chi connectivity index (χ3n) is 0.536. The van der Waals surface area contributed by atoms with Crippen LogP contribution in [-0.4, -0.2) is 0 Å². The Morgan fingerprint density at radius 2 is 1.83 bits per heavy atom. The maximum Gasteiger partial charge on any atom is 0.144 e. The second kappa shape index (κ2) is 1.62. The molecule has 6 heavy (non-hydrogen) atoms. The van der Waals surface area contributed by atoms with Crippen molar-refractivity contribution in [2.24, 2.45) is 0 Å². The van der Waals surface area contributed by atoms with Gasteiger partial charge in [0.05, 0.1) is 0 Å². The third kappa shape index (κ3) is 0.592. The van der Waals surface area contributed by atoms with Gasteiger partial charge in [0.1, 0.15) is 24.9 Å². The first-order valence-corrected chi connectivity index (χ1v) is 1.80. The van der Waals surface area contributed by atoms with Crippen molar-refractivity contribution >= 4 is 0 Å². The highest BCUT2D eigenvalue weighted by molar-refractivity contribution is 4.71. The molecule has 0 amide bonds. The lowest BCUT2D eigenvalue weighted by Crippen LogP contribution is -2.71. The Hall–Kier alpha value is -0.760. The zero-order valence-electron chi connectivity index (χ0n) is 3.29. The summed E-state index contributed by atoms with van der Waals surface area (Å²) in [6.45, 7) is 0. The van der Waals surface area contributed by atoms with Gasteiger partial charge in [0, 0.05) is 0 Å². The maximum absolute atomic E-state index is 4.68. The predicted octanol–water partition coefficient (Wildman–Crippen LogP) is -0.478. The quantitative estimate of drug-likeness (QED) is 0.421. The Bertz CT molecular complexity index is 65.5. The Balaban J connectivity index is 2.40. The van der Waals surface area contributed by atoms with Gasteiger partial charge in [0.25, 0.3) is 0 Å². The topological polar surface area (TPSA) is 25.8 Å². The van der Waals surface area contributed by atoms with Crippen molar-refractivity contribution in [3.63, 3.8) is 0 Å². The Labute approximate surface area is 36.1 Å². The Morgan fingerprint density at radius 3 is 2.00 bits per heavy atom. The van der Waals surface area contributed by atoms with Gasteiger partial charge in [-0.15, -0.1) is 0 Å². The van der Waals surface area contributed by atoms with Gasteiger partial charge in [-0.3, -0.25) is 5.32 Å². The van der Waals surface area contributed by atoms with E-state index in [1.807, 2.05) is 17.7 Å². The minimum absolute atomic E-state index is 1.62. The molecule has 0 aromatic carbocycles. The van der Waals surface area contributed by atoms with Gasteiger partial charge < -0.3 is 4.74 Å². The minimum atomic E-state index is 1.62. The van der Waals surface area contributed by atoms with Crippen LogP contribution < -0.4 is 5.32 Å². The molecular weight excluding hydrogens is 78.0 g/mol. The predicted molar refractivity (Wildman–Crippen MR) is 21.3 cm³/mol. The SMILES string of the molecule is C1=COC=C[NH2+]1. The fourth-order valence-corrected chi connectivity index (χ4v) is 0.291. The highest BCUT2D eigenvalue weighted by atomic mass is 16.5. The largest absolute Gasteiger partial charge is 0.462 e. The molecule has 0 atom stereocenters. The van der Waals surface area contributed by atoms with Crippen LogP contribution in [0.4, 0.5) is 0 Å². The van der Waals surface area contributed by atoms with Gasteiger partial charge in [-0.25, -0.2) is 0 Å². The first-order chi connectivity index (χ1) is 3.00. The summed E-state index contributed by atoms with van der Waals surface area (Å²) in [6.07, 6.45) is 6.92. The zero-order valence-corrected chi connectivity index (χ0v) is 3.29. The molecule has 0 fully saturated rings. The van der Waals surface area contributed by atoms with E-state index in [1.54, 1.807) is 12.5 Å². The van der Waals surface area contributed by atoms with Gasteiger partial charge in [-0.2, -0.15) is 0 Å². The molecule has 0 aliphatic carbocycles. The van der Waals surface area contributed by atoms with Crippen LogP contribution in [0.1, 0.15) is 0 Å². The molecular formula is C4H6NO+. The van der Waals surface area contributed by atoms with Crippen LogP contribution in [0.2, 0.25) is 0 Å². The number of nitrogens with two attached hydrogens (primary N) is 1. The summed E-state index contributed by atoms with van der Waals surface area (Å²) in [7, 11) is 0. The molecule has 0 aromatic rings. The Morgan fingerprint density at radius 1 is 1.17 bits per heavy atom. The summed E-state index contributed by atoms with van der Waals surface area (Å²) >= 11 is 0. The lowest BCUT2D eigenvalue weighted by molar-refractivity contribution is -0.519. The summed E-state index contributed by atoms with van der Waals surface area (Å²) in [5.74, 6) is 0. The lowest BCUT2D eigenvalue weighted by Gasteiger charge is -1.89. The van der Waals surface area contributed by atoms with Crippen LogP contribution >= 0.6 is 0 Å². The standard InChI is InChI=1S/C4H5NO/c1-3-6-4-2-5-1/h1-5H/p+1. The summed E-state index contributed by atoms with van der Waals surface area (Å²) in [5, 5.41) is 1.91. The highest BCUT2D eigenvalue weighted by Crippen LogP contribution is 1.74. The monoisotopic (exact) mass is 84.0 g/mol. The summed E-state index contributed by atoms with van der Waals surface area (Å²) in [4.78, 5) is 0. The fraction of sp³-hybridized carbons (Fsp3) is 0. The van der Waals surface area contributed by atoms with Crippen LogP contribution in [0.25, 0.3) is 0 Å². The van der Waals surface area contributed by atoms with Gasteiger partial charge in [0.15, 0.2) is 0 Å². The fourth-order valence-electron chi connectivity index (χ4n) is 0.291. The number of quaternary nitrogens is 1. The van der Waals surface area contributed by atoms with Crippen molar-refractivity contribution in [3.8, 4) is 0 Å². The number of hydrogen-bond donors (Lipinski definition) is 1. The van der Waals surface area contributed by atoms with Crippen LogP contribution in [0, 0.1) is 0 Å². The number of ether oxygens (including phenoxy) is 1. The van der Waals surface area contributed by atoms with E-state index in [1.165, 1.54) is 0 Å². The first-order valence-electron chi connectivity index (χ1n) is 1.80. The molecule has 0 aromatic heterocycles. The van der Waals surface area contributed by atoms with Crippen molar-refractivity contribution < 1.29 is 10.1 Å². The minimum Gasteiger partial charge on any atom is -0.462 e. The summed E-state index contributed by atoms with van der Waals surface area (Å²) in [5.41, 5.74) is 0. The second-order valence-corrected chi connectivity index (χ2v) is 0.986. The molecule has 1 rings (SSSR count). The molecule has 1 heterocycles. The van der Waals surface area contributed by atoms with E-state index in [4.69, 9.17) is 0 Å². The van der Waals surface area contributed by atoms with Crippen molar-refractivity contribution in [1.29, 1.82) is 0 Å².